The summed E-state index contributed by atoms with van der Waals surface area (Å²) in [6, 6.07) is 14.6. The second-order valence-corrected chi connectivity index (χ2v) is 14.6. The predicted octanol–water partition coefficient (Wildman–Crippen LogP) is 4.06. The van der Waals surface area contributed by atoms with Gasteiger partial charge < -0.3 is 28.8 Å². The van der Waals surface area contributed by atoms with Crippen LogP contribution in [0, 0.1) is 18.8 Å². The zero-order valence-corrected chi connectivity index (χ0v) is 32.0. The largest absolute Gasteiger partial charge is 0.448 e. The molecule has 1 aromatic carbocycles. The summed E-state index contributed by atoms with van der Waals surface area (Å²) in [5, 5.41) is 6.83. The van der Waals surface area contributed by atoms with E-state index >= 15 is 0 Å². The highest BCUT2D eigenvalue weighted by atomic mass is 16.5. The molecule has 5 aromatic heterocycles. The average Bonchev–Trinajstić information content (AvgIpc) is 3.68. The molecule has 0 saturated carbocycles. The number of carbonyl (C=O) groups excluding carboxylic acids is 3. The number of hydrogen-bond donors (Lipinski definition) is 2. The van der Waals surface area contributed by atoms with Gasteiger partial charge in [0.25, 0.3) is 11.5 Å². The lowest BCUT2D eigenvalue weighted by molar-refractivity contribution is -0.134. The molecule has 58 heavy (non-hydrogen) atoms. The van der Waals surface area contributed by atoms with Crippen LogP contribution in [-0.4, -0.2) is 81.6 Å². The SMILES string of the molecule is Cc1cc2c(N3CCCc4nc(-c5ccc(C(=O)NCC#Cc6cc7c(C8CCC(=O)NC8=O)cccc7o6)nc5)ncc43)nc(N3CCOCC3)cc2n(C)c1=O. The van der Waals surface area contributed by atoms with Crippen molar-refractivity contribution in [2.75, 3.05) is 49.2 Å². The minimum Gasteiger partial charge on any atom is -0.448 e. The fraction of sp³-hybridized carbons (Fsp3) is 0.302. The molecule has 9 rings (SSSR count). The minimum atomic E-state index is -0.445. The standard InChI is InChI=1S/C43H39N9O6/c1-25-20-31-34(50(2)43(25)56)22-37(51-16-18-57-19-17-51)48-40(31)52-15-5-8-32-35(52)24-46-39(47-32)26-10-12-33(45-23-26)42(55)44-14-4-6-27-21-30-28(7-3-9-36(30)58-27)29-11-13-38(53)49-41(29)54/h3,7,9-10,12,20-24,29H,5,8,11,13-19H2,1-2H3,(H,44,55)(H,49,53,54). The van der Waals surface area contributed by atoms with E-state index < -0.39 is 5.92 Å². The maximum Gasteiger partial charge on any atom is 0.270 e. The topological polar surface area (TPSA) is 178 Å². The molecule has 8 heterocycles. The first-order valence-electron chi connectivity index (χ1n) is 19.3. The van der Waals surface area contributed by atoms with Gasteiger partial charge in [-0.05, 0) is 61.9 Å². The van der Waals surface area contributed by atoms with E-state index in [2.05, 4.69) is 37.3 Å². The number of fused-ring (bicyclic) bond motifs is 3. The van der Waals surface area contributed by atoms with Gasteiger partial charge in [-0.1, -0.05) is 18.1 Å². The smallest absolute Gasteiger partial charge is 0.270 e. The Labute approximate surface area is 332 Å². The number of furan rings is 1. The van der Waals surface area contributed by atoms with Gasteiger partial charge in [0, 0.05) is 73.3 Å². The molecule has 1 atom stereocenters. The first-order chi connectivity index (χ1) is 28.2. The van der Waals surface area contributed by atoms with Gasteiger partial charge >= 0.3 is 0 Å². The molecule has 0 bridgehead atoms. The lowest BCUT2D eigenvalue weighted by Gasteiger charge is -2.33. The van der Waals surface area contributed by atoms with Crippen molar-refractivity contribution in [3.05, 3.63) is 99.6 Å². The number of nitrogens with one attached hydrogen (secondary N) is 2. The van der Waals surface area contributed by atoms with Gasteiger partial charge in [-0.3, -0.25) is 29.5 Å². The molecule has 2 fully saturated rings. The molecule has 292 valence electrons. The molecule has 2 saturated heterocycles. The maximum absolute atomic E-state index is 13.0. The highest BCUT2D eigenvalue weighted by Gasteiger charge is 2.30. The van der Waals surface area contributed by atoms with E-state index in [4.69, 9.17) is 24.1 Å². The zero-order chi connectivity index (χ0) is 39.9. The molecule has 6 aromatic rings. The number of amides is 3. The van der Waals surface area contributed by atoms with Crippen LogP contribution in [0.2, 0.25) is 0 Å². The van der Waals surface area contributed by atoms with Gasteiger partial charge in [-0.15, -0.1) is 0 Å². The predicted molar refractivity (Wildman–Crippen MR) is 216 cm³/mol. The number of rotatable bonds is 6. The fourth-order valence-electron chi connectivity index (χ4n) is 7.89. The molecule has 3 aliphatic rings. The summed E-state index contributed by atoms with van der Waals surface area (Å²) in [7, 11) is 1.80. The van der Waals surface area contributed by atoms with Gasteiger partial charge in [0.1, 0.15) is 22.9 Å². The maximum atomic E-state index is 13.0. The van der Waals surface area contributed by atoms with E-state index in [0.717, 1.165) is 57.7 Å². The summed E-state index contributed by atoms with van der Waals surface area (Å²) in [4.78, 5) is 73.7. The molecular formula is C43H39N9O6. The van der Waals surface area contributed by atoms with E-state index in [1.54, 1.807) is 42.1 Å². The number of carbonyl (C=O) groups is 3. The molecule has 3 amide bonds. The van der Waals surface area contributed by atoms with Crippen molar-refractivity contribution in [2.24, 2.45) is 7.05 Å². The van der Waals surface area contributed by atoms with E-state index in [1.165, 1.54) is 0 Å². The number of hydrogen-bond acceptors (Lipinski definition) is 12. The average molecular weight is 778 g/mol. The molecule has 0 spiro atoms. The van der Waals surface area contributed by atoms with Gasteiger partial charge in [-0.2, -0.15) is 0 Å². The van der Waals surface area contributed by atoms with Crippen LogP contribution in [0.3, 0.4) is 0 Å². The highest BCUT2D eigenvalue weighted by Crippen LogP contribution is 2.38. The van der Waals surface area contributed by atoms with Crippen molar-refractivity contribution in [1.29, 1.82) is 0 Å². The summed E-state index contributed by atoms with van der Waals surface area (Å²) in [5.41, 5.74) is 5.40. The number of benzene rings is 1. The molecular weight excluding hydrogens is 739 g/mol. The Hall–Kier alpha value is -6.92. The fourth-order valence-corrected chi connectivity index (χ4v) is 7.89. The van der Waals surface area contributed by atoms with Crippen LogP contribution in [0.1, 0.15) is 58.2 Å². The van der Waals surface area contributed by atoms with Crippen LogP contribution in [0.5, 0.6) is 0 Å². The van der Waals surface area contributed by atoms with Crippen LogP contribution in [0.4, 0.5) is 17.3 Å². The Morgan fingerprint density at radius 1 is 0.983 bits per heavy atom. The van der Waals surface area contributed by atoms with Crippen LogP contribution >= 0.6 is 0 Å². The number of nitrogens with zero attached hydrogens (tertiary/aromatic N) is 7. The number of ether oxygens (including phenoxy) is 1. The summed E-state index contributed by atoms with van der Waals surface area (Å²) in [6.07, 6.45) is 5.72. The Morgan fingerprint density at radius 3 is 2.66 bits per heavy atom. The quantitative estimate of drug-likeness (QED) is 0.183. The molecule has 1 unspecified atom stereocenters. The number of pyridine rings is 3. The summed E-state index contributed by atoms with van der Waals surface area (Å²) >= 11 is 0. The number of aromatic nitrogens is 5. The van der Waals surface area contributed by atoms with Gasteiger partial charge in [-0.25, -0.2) is 15.0 Å². The van der Waals surface area contributed by atoms with E-state index in [9.17, 15) is 19.2 Å². The normalized spacial score (nSPS) is 16.8. The number of anilines is 3. The minimum absolute atomic E-state index is 0.0426. The lowest BCUT2D eigenvalue weighted by Crippen LogP contribution is -2.39. The molecule has 2 N–H and O–H groups in total. The zero-order valence-electron chi connectivity index (χ0n) is 32.0. The van der Waals surface area contributed by atoms with E-state index in [-0.39, 0.29) is 41.9 Å². The van der Waals surface area contributed by atoms with Crippen molar-refractivity contribution < 1.29 is 23.5 Å². The number of imide groups is 1. The van der Waals surface area contributed by atoms with E-state index in [1.807, 2.05) is 37.4 Å². The number of morpholine rings is 1. The van der Waals surface area contributed by atoms with Crippen molar-refractivity contribution in [2.45, 2.75) is 38.5 Å². The van der Waals surface area contributed by atoms with Crippen LogP contribution in [0.15, 0.2) is 70.1 Å². The first kappa shape index (κ1) is 36.7. The first-order valence-corrected chi connectivity index (χ1v) is 19.3. The van der Waals surface area contributed by atoms with Crippen molar-refractivity contribution in [3.8, 4) is 23.2 Å². The molecule has 15 heteroatoms. The number of aryl methyl sites for hydroxylation is 3. The Bertz CT molecular complexity index is 2760. The summed E-state index contributed by atoms with van der Waals surface area (Å²) < 4.78 is 13.2. The lowest BCUT2D eigenvalue weighted by atomic mass is 9.88. The monoisotopic (exact) mass is 777 g/mol. The Morgan fingerprint density at radius 2 is 1.84 bits per heavy atom. The number of piperidine rings is 1. The molecule has 3 aliphatic heterocycles. The van der Waals surface area contributed by atoms with Gasteiger partial charge in [0.15, 0.2) is 11.6 Å². The highest BCUT2D eigenvalue weighted by molar-refractivity contribution is 6.03. The summed E-state index contributed by atoms with van der Waals surface area (Å²) in [6.45, 7) is 5.25. The van der Waals surface area contributed by atoms with Gasteiger partial charge in [0.05, 0.1) is 48.8 Å². The van der Waals surface area contributed by atoms with Crippen LogP contribution < -0.4 is 26.0 Å². The third-order valence-electron chi connectivity index (χ3n) is 10.9. The van der Waals surface area contributed by atoms with Crippen molar-refractivity contribution in [1.82, 2.24) is 35.1 Å². The van der Waals surface area contributed by atoms with Crippen molar-refractivity contribution in [3.63, 3.8) is 0 Å². The van der Waals surface area contributed by atoms with Gasteiger partial charge in [0.2, 0.25) is 11.8 Å². The summed E-state index contributed by atoms with van der Waals surface area (Å²) in [5.74, 6) is 6.89. The van der Waals surface area contributed by atoms with Crippen molar-refractivity contribution >= 4 is 56.9 Å². The molecule has 0 radical (unpaired) electrons. The molecule has 0 aliphatic carbocycles. The Balaban J connectivity index is 0.901. The van der Waals surface area contributed by atoms with Crippen LogP contribution in [0.25, 0.3) is 33.3 Å². The molecule has 15 nitrogen and oxygen atoms in total. The van der Waals surface area contributed by atoms with E-state index in [0.29, 0.717) is 67.6 Å². The third kappa shape index (κ3) is 6.92. The third-order valence-corrected chi connectivity index (χ3v) is 10.9. The second kappa shape index (κ2) is 15.2. The van der Waals surface area contributed by atoms with Crippen LogP contribution in [-0.2, 0) is 27.8 Å². The second-order valence-electron chi connectivity index (χ2n) is 14.6. The Kier molecular flexibility index (Phi) is 9.62.